The maximum Gasteiger partial charge on any atom is 0.339 e. The third-order valence-corrected chi connectivity index (χ3v) is 2.31. The average Bonchev–Trinajstić information content (AvgIpc) is 2.85. The first kappa shape index (κ1) is 11.7. The first-order valence-corrected chi connectivity index (χ1v) is 5.13. The summed E-state index contributed by atoms with van der Waals surface area (Å²) in [6.45, 7) is 0.00349. The van der Waals surface area contributed by atoms with Crippen molar-refractivity contribution in [3.05, 3.63) is 53.5 Å². The topological polar surface area (TPSA) is 83.5 Å². The van der Waals surface area contributed by atoms with Gasteiger partial charge in [0.1, 0.15) is 17.9 Å². The Balaban J connectivity index is 2.09. The van der Waals surface area contributed by atoms with Crippen molar-refractivity contribution in [1.82, 2.24) is 0 Å². The summed E-state index contributed by atoms with van der Waals surface area (Å²) < 4.78 is 10.4. The van der Waals surface area contributed by atoms with Crippen LogP contribution in [0.1, 0.15) is 21.7 Å². The minimum absolute atomic E-state index is 0.00349. The second-order valence-electron chi connectivity index (χ2n) is 3.49. The molecule has 2 aromatic rings. The number of benzene rings is 1. The van der Waals surface area contributed by atoms with E-state index in [1.807, 2.05) is 6.07 Å². The number of hydrogen-bond acceptors (Lipinski definition) is 4. The second kappa shape index (κ2) is 5.06. The first-order valence-electron chi connectivity index (χ1n) is 5.13. The molecule has 0 amide bonds. The fourth-order valence-electron chi connectivity index (χ4n) is 1.45. The molecule has 1 aromatic carbocycles. The largest absolute Gasteiger partial charge is 0.486 e. The van der Waals surface area contributed by atoms with E-state index in [2.05, 4.69) is 0 Å². The molecule has 5 nitrogen and oxygen atoms in total. The van der Waals surface area contributed by atoms with E-state index >= 15 is 0 Å². The predicted octanol–water partition coefficient (Wildman–Crippen LogP) is 2.43. The number of rotatable bonds is 4. The first-order chi connectivity index (χ1) is 8.70. The molecule has 0 radical (unpaired) electrons. The minimum atomic E-state index is -1.06. The molecule has 90 valence electrons. The lowest BCUT2D eigenvalue weighted by Crippen LogP contribution is -2.02. The van der Waals surface area contributed by atoms with E-state index < -0.39 is 5.97 Å². The van der Waals surface area contributed by atoms with E-state index in [-0.39, 0.29) is 17.9 Å². The van der Waals surface area contributed by atoms with Gasteiger partial charge in [-0.15, -0.1) is 0 Å². The van der Waals surface area contributed by atoms with Gasteiger partial charge in [-0.3, -0.25) is 0 Å². The molecule has 0 aliphatic heterocycles. The molecule has 0 saturated carbocycles. The zero-order valence-electron chi connectivity index (χ0n) is 9.29. The maximum atomic E-state index is 10.8. The van der Waals surface area contributed by atoms with Gasteiger partial charge in [-0.2, -0.15) is 5.26 Å². The normalized spacial score (nSPS) is 9.72. The van der Waals surface area contributed by atoms with Crippen LogP contribution in [0, 0.1) is 11.3 Å². The van der Waals surface area contributed by atoms with Crippen molar-refractivity contribution in [3.8, 4) is 11.8 Å². The van der Waals surface area contributed by atoms with Crippen molar-refractivity contribution >= 4 is 5.97 Å². The molecule has 1 aromatic heterocycles. The van der Waals surface area contributed by atoms with Gasteiger partial charge < -0.3 is 14.3 Å². The summed E-state index contributed by atoms with van der Waals surface area (Å²) >= 11 is 0. The van der Waals surface area contributed by atoms with Crippen LogP contribution in [-0.2, 0) is 6.61 Å². The van der Waals surface area contributed by atoms with Gasteiger partial charge in [0.15, 0.2) is 5.76 Å². The van der Waals surface area contributed by atoms with Crippen LogP contribution in [0.15, 0.2) is 41.0 Å². The summed E-state index contributed by atoms with van der Waals surface area (Å²) in [5.74, 6) is -0.334. The van der Waals surface area contributed by atoms with E-state index in [0.717, 1.165) is 0 Å². The number of carboxylic acid groups (broad SMARTS) is 1. The van der Waals surface area contributed by atoms with Gasteiger partial charge in [-0.25, -0.2) is 4.79 Å². The molecular weight excluding hydrogens is 234 g/mol. The van der Waals surface area contributed by atoms with Gasteiger partial charge in [0.25, 0.3) is 0 Å². The molecule has 18 heavy (non-hydrogen) atoms. The third-order valence-electron chi connectivity index (χ3n) is 2.31. The van der Waals surface area contributed by atoms with E-state index in [1.54, 1.807) is 24.3 Å². The number of nitriles is 1. The summed E-state index contributed by atoms with van der Waals surface area (Å²) in [7, 11) is 0. The van der Waals surface area contributed by atoms with Crippen LogP contribution in [0.5, 0.6) is 5.75 Å². The summed E-state index contributed by atoms with van der Waals surface area (Å²) in [5, 5.41) is 17.6. The average molecular weight is 243 g/mol. The Labute approximate surface area is 103 Å². The van der Waals surface area contributed by atoms with Crippen molar-refractivity contribution in [2.24, 2.45) is 0 Å². The highest BCUT2D eigenvalue weighted by Crippen LogP contribution is 2.17. The van der Waals surface area contributed by atoms with E-state index in [0.29, 0.717) is 11.3 Å². The second-order valence-corrected chi connectivity index (χ2v) is 3.49. The highest BCUT2D eigenvalue weighted by Gasteiger charge is 2.13. The van der Waals surface area contributed by atoms with Gasteiger partial charge in [0, 0.05) is 0 Å². The smallest absolute Gasteiger partial charge is 0.339 e. The number of ether oxygens (including phenoxy) is 1. The molecule has 2 rings (SSSR count). The maximum absolute atomic E-state index is 10.8. The fraction of sp³-hybridized carbons (Fsp3) is 0.0769. The molecule has 0 unspecified atom stereocenters. The molecule has 0 aliphatic carbocycles. The van der Waals surface area contributed by atoms with Gasteiger partial charge in [0.2, 0.25) is 0 Å². The van der Waals surface area contributed by atoms with Gasteiger partial charge >= 0.3 is 5.97 Å². The van der Waals surface area contributed by atoms with Crippen molar-refractivity contribution in [2.45, 2.75) is 6.61 Å². The molecule has 0 saturated heterocycles. The molecule has 0 bridgehead atoms. The SMILES string of the molecule is N#Cc1cccc(OCc2occc2C(=O)O)c1. The highest BCUT2D eigenvalue weighted by atomic mass is 16.5. The van der Waals surface area contributed by atoms with Gasteiger partial charge in [0.05, 0.1) is 17.9 Å². The predicted molar refractivity (Wildman–Crippen MR) is 61.2 cm³/mol. The van der Waals surface area contributed by atoms with Crippen LogP contribution < -0.4 is 4.74 Å². The van der Waals surface area contributed by atoms with Crippen molar-refractivity contribution in [1.29, 1.82) is 5.26 Å². The number of nitrogens with zero attached hydrogens (tertiary/aromatic N) is 1. The number of furan rings is 1. The van der Waals surface area contributed by atoms with E-state index in [4.69, 9.17) is 19.5 Å². The minimum Gasteiger partial charge on any atom is -0.486 e. The lowest BCUT2D eigenvalue weighted by molar-refractivity contribution is 0.0692. The summed E-state index contributed by atoms with van der Waals surface area (Å²) in [6, 6.07) is 9.96. The zero-order valence-corrected chi connectivity index (χ0v) is 9.29. The number of carboxylic acids is 1. The number of carbonyl (C=O) groups is 1. The summed E-state index contributed by atoms with van der Waals surface area (Å²) in [5.41, 5.74) is 0.553. The molecule has 5 heteroatoms. The Kier molecular flexibility index (Phi) is 3.30. The fourth-order valence-corrected chi connectivity index (χ4v) is 1.45. The van der Waals surface area contributed by atoms with Crippen LogP contribution in [0.4, 0.5) is 0 Å². The molecule has 1 N–H and O–H groups in total. The zero-order chi connectivity index (χ0) is 13.0. The Bertz CT molecular complexity index is 609. The molecule has 1 heterocycles. The molecular formula is C13H9NO4. The van der Waals surface area contributed by atoms with Gasteiger partial charge in [-0.1, -0.05) is 6.07 Å². The summed E-state index contributed by atoms with van der Waals surface area (Å²) in [4.78, 5) is 10.8. The lowest BCUT2D eigenvalue weighted by atomic mass is 10.2. The Morgan fingerprint density at radius 3 is 3.00 bits per heavy atom. The van der Waals surface area contributed by atoms with E-state index in [9.17, 15) is 4.79 Å². The summed E-state index contributed by atoms with van der Waals surface area (Å²) in [6.07, 6.45) is 1.30. The molecule has 0 fully saturated rings. The van der Waals surface area contributed by atoms with Crippen LogP contribution in [0.3, 0.4) is 0 Å². The van der Waals surface area contributed by atoms with Crippen molar-refractivity contribution in [3.63, 3.8) is 0 Å². The molecule has 0 spiro atoms. The Hall–Kier alpha value is -2.74. The monoisotopic (exact) mass is 243 g/mol. The standard InChI is InChI=1S/C13H9NO4/c14-7-9-2-1-3-10(6-9)18-8-12-11(13(15)16)4-5-17-12/h1-6H,8H2,(H,15,16). The molecule has 0 aliphatic rings. The van der Waals surface area contributed by atoms with Crippen LogP contribution in [-0.4, -0.2) is 11.1 Å². The van der Waals surface area contributed by atoms with Crippen molar-refractivity contribution in [2.75, 3.05) is 0 Å². The van der Waals surface area contributed by atoms with Crippen LogP contribution in [0.2, 0.25) is 0 Å². The Morgan fingerprint density at radius 1 is 1.44 bits per heavy atom. The van der Waals surface area contributed by atoms with Gasteiger partial charge in [-0.05, 0) is 24.3 Å². The van der Waals surface area contributed by atoms with E-state index in [1.165, 1.54) is 12.3 Å². The van der Waals surface area contributed by atoms with Crippen molar-refractivity contribution < 1.29 is 19.1 Å². The van der Waals surface area contributed by atoms with Crippen LogP contribution in [0.25, 0.3) is 0 Å². The Morgan fingerprint density at radius 2 is 2.28 bits per heavy atom. The van der Waals surface area contributed by atoms with Crippen LogP contribution >= 0.6 is 0 Å². The highest BCUT2D eigenvalue weighted by molar-refractivity contribution is 5.88. The quantitative estimate of drug-likeness (QED) is 0.891. The number of aromatic carboxylic acids is 1. The number of hydrogen-bond donors (Lipinski definition) is 1. The molecule has 0 atom stereocenters. The third kappa shape index (κ3) is 2.50. The lowest BCUT2D eigenvalue weighted by Gasteiger charge is -2.04.